The molecule has 1 aliphatic rings. The fourth-order valence-electron chi connectivity index (χ4n) is 4.30. The van der Waals surface area contributed by atoms with Gasteiger partial charge in [-0.15, -0.1) is 0 Å². The zero-order chi connectivity index (χ0) is 19.5. The van der Waals surface area contributed by atoms with Crippen LogP contribution in [0.15, 0.2) is 42.6 Å². The Morgan fingerprint density at radius 2 is 1.75 bits per heavy atom. The molecule has 0 fully saturated rings. The van der Waals surface area contributed by atoms with Gasteiger partial charge in [0.2, 0.25) is 0 Å². The second-order valence-corrected chi connectivity index (χ2v) is 7.43. The van der Waals surface area contributed by atoms with E-state index in [2.05, 4.69) is 40.8 Å². The van der Waals surface area contributed by atoms with Gasteiger partial charge in [-0.2, -0.15) is 0 Å². The summed E-state index contributed by atoms with van der Waals surface area (Å²) in [5.74, 6) is 1.70. The molecule has 1 aromatic heterocycles. The van der Waals surface area contributed by atoms with Crippen LogP contribution in [0.25, 0.3) is 10.9 Å². The van der Waals surface area contributed by atoms with Crippen LogP contribution in [0.2, 0.25) is 0 Å². The average molecular weight is 380 g/mol. The molecular weight excluding hydrogens is 352 g/mol. The third-order valence-corrected chi connectivity index (χ3v) is 5.79. The number of hydrogen-bond donors (Lipinski definition) is 3. The van der Waals surface area contributed by atoms with Gasteiger partial charge in [0.05, 0.1) is 20.3 Å². The Bertz CT molecular complexity index is 950. The maximum Gasteiger partial charge on any atom is 0.122 e. The molecule has 2 atom stereocenters. The van der Waals surface area contributed by atoms with Crippen molar-refractivity contribution < 1.29 is 14.6 Å². The zero-order valence-electron chi connectivity index (χ0n) is 16.5. The largest absolute Gasteiger partial charge is 0.496 e. The number of methoxy groups -OCH3 is 2. The fraction of sp³-hybridized carbons (Fsp3) is 0.391. The van der Waals surface area contributed by atoms with Crippen molar-refractivity contribution in [1.82, 2.24) is 10.3 Å². The summed E-state index contributed by atoms with van der Waals surface area (Å²) in [5.41, 5.74) is 4.73. The van der Waals surface area contributed by atoms with E-state index in [9.17, 15) is 5.11 Å². The number of H-pyrrole nitrogens is 1. The van der Waals surface area contributed by atoms with Gasteiger partial charge in [-0.3, -0.25) is 0 Å². The molecule has 0 spiro atoms. The van der Waals surface area contributed by atoms with Gasteiger partial charge in [-0.25, -0.2) is 0 Å². The number of rotatable bonds is 7. The molecule has 1 heterocycles. The Hall–Kier alpha value is -2.50. The molecule has 0 bridgehead atoms. The first-order chi connectivity index (χ1) is 13.7. The van der Waals surface area contributed by atoms with E-state index in [1.54, 1.807) is 14.2 Å². The number of para-hydroxylation sites is 1. The highest BCUT2D eigenvalue weighted by Crippen LogP contribution is 2.36. The van der Waals surface area contributed by atoms with Gasteiger partial charge >= 0.3 is 0 Å². The monoisotopic (exact) mass is 380 g/mol. The number of nitrogens with one attached hydrogen (secondary N) is 2. The summed E-state index contributed by atoms with van der Waals surface area (Å²) in [6.45, 7) is 0.864. The van der Waals surface area contributed by atoms with Crippen LogP contribution in [0.1, 0.15) is 23.1 Å². The Morgan fingerprint density at radius 3 is 2.50 bits per heavy atom. The predicted molar refractivity (Wildman–Crippen MR) is 111 cm³/mol. The van der Waals surface area contributed by atoms with Gasteiger partial charge in [0.1, 0.15) is 11.5 Å². The van der Waals surface area contributed by atoms with Crippen LogP contribution < -0.4 is 14.8 Å². The highest BCUT2D eigenvalue weighted by Gasteiger charge is 2.30. The van der Waals surface area contributed by atoms with Gasteiger partial charge in [-0.1, -0.05) is 18.2 Å². The molecule has 0 saturated heterocycles. The Labute approximate surface area is 165 Å². The number of benzene rings is 2. The third-order valence-electron chi connectivity index (χ3n) is 5.79. The Balaban J connectivity index is 1.38. The summed E-state index contributed by atoms with van der Waals surface area (Å²) >= 11 is 0. The van der Waals surface area contributed by atoms with Crippen molar-refractivity contribution in [1.29, 1.82) is 0 Å². The fourth-order valence-corrected chi connectivity index (χ4v) is 4.30. The molecule has 0 aliphatic heterocycles. The molecular formula is C23H28N2O3. The van der Waals surface area contributed by atoms with E-state index >= 15 is 0 Å². The Morgan fingerprint density at radius 1 is 1.04 bits per heavy atom. The molecule has 4 rings (SSSR count). The first kappa shape index (κ1) is 18.8. The lowest BCUT2D eigenvalue weighted by molar-refractivity contribution is 0.117. The third kappa shape index (κ3) is 3.60. The molecule has 0 saturated carbocycles. The van der Waals surface area contributed by atoms with Crippen molar-refractivity contribution in [2.24, 2.45) is 0 Å². The Kier molecular flexibility index (Phi) is 5.55. The molecule has 148 valence electrons. The summed E-state index contributed by atoms with van der Waals surface area (Å²) in [6, 6.07) is 12.3. The van der Waals surface area contributed by atoms with Crippen LogP contribution in [0, 0.1) is 0 Å². The summed E-state index contributed by atoms with van der Waals surface area (Å²) in [5, 5.41) is 15.5. The minimum atomic E-state index is -0.429. The lowest BCUT2D eigenvalue weighted by Crippen LogP contribution is -2.46. The van der Waals surface area contributed by atoms with Crippen LogP contribution in [0.4, 0.5) is 0 Å². The molecule has 5 heteroatoms. The molecule has 3 N–H and O–H groups in total. The van der Waals surface area contributed by atoms with Crippen molar-refractivity contribution in [2.75, 3.05) is 20.8 Å². The van der Waals surface area contributed by atoms with Gasteiger partial charge in [-0.05, 0) is 49.6 Å². The van der Waals surface area contributed by atoms with Crippen molar-refractivity contribution in [3.05, 3.63) is 59.3 Å². The normalized spacial score (nSPS) is 18.8. The first-order valence-electron chi connectivity index (χ1n) is 9.90. The van der Waals surface area contributed by atoms with Gasteiger partial charge < -0.3 is 24.9 Å². The predicted octanol–water partition coefficient (Wildman–Crippen LogP) is 3.24. The standard InChI is InChI=1S/C23H28N2O3/c1-27-22-9-10-23(28-2)18-13-21(26)20(12-17(18)22)24-11-5-6-15-14-25-19-8-4-3-7-16(15)19/h3-4,7-10,14,20-21,24-26H,5-6,11-13H2,1-2H3/t20-,21-/m0/s1. The van der Waals surface area contributed by atoms with Crippen LogP contribution >= 0.6 is 0 Å². The number of aromatic nitrogens is 1. The SMILES string of the molecule is COc1ccc(OC)c2c1C[C@H](NCCCc1c[nH]c3ccccc13)[C@@H](O)C2. The molecule has 0 unspecified atom stereocenters. The minimum Gasteiger partial charge on any atom is -0.496 e. The molecule has 1 aliphatic carbocycles. The maximum atomic E-state index is 10.7. The summed E-state index contributed by atoms with van der Waals surface area (Å²) in [7, 11) is 3.36. The molecule has 28 heavy (non-hydrogen) atoms. The second kappa shape index (κ2) is 8.25. The molecule has 2 aromatic carbocycles. The highest BCUT2D eigenvalue weighted by atomic mass is 16.5. The lowest BCUT2D eigenvalue weighted by Gasteiger charge is -2.32. The van der Waals surface area contributed by atoms with Crippen molar-refractivity contribution in [2.45, 2.75) is 37.8 Å². The van der Waals surface area contributed by atoms with Gasteiger partial charge in [0.25, 0.3) is 0 Å². The van der Waals surface area contributed by atoms with E-state index in [0.717, 1.165) is 48.4 Å². The lowest BCUT2D eigenvalue weighted by atomic mass is 9.85. The maximum absolute atomic E-state index is 10.7. The number of aryl methyl sites for hydroxylation is 1. The smallest absolute Gasteiger partial charge is 0.122 e. The van der Waals surface area contributed by atoms with Crippen LogP contribution in [-0.4, -0.2) is 43.0 Å². The number of ether oxygens (including phenoxy) is 2. The topological polar surface area (TPSA) is 66.5 Å². The van der Waals surface area contributed by atoms with E-state index in [1.807, 2.05) is 12.1 Å². The zero-order valence-corrected chi connectivity index (χ0v) is 16.5. The van der Waals surface area contributed by atoms with Crippen molar-refractivity contribution in [3.63, 3.8) is 0 Å². The van der Waals surface area contributed by atoms with Crippen LogP contribution in [0.3, 0.4) is 0 Å². The number of aromatic amines is 1. The first-order valence-corrected chi connectivity index (χ1v) is 9.90. The van der Waals surface area contributed by atoms with Crippen molar-refractivity contribution >= 4 is 10.9 Å². The van der Waals surface area contributed by atoms with Gasteiger partial charge in [0.15, 0.2) is 0 Å². The van der Waals surface area contributed by atoms with Gasteiger partial charge in [0, 0.05) is 40.7 Å². The highest BCUT2D eigenvalue weighted by molar-refractivity contribution is 5.83. The minimum absolute atomic E-state index is 0.0245. The molecule has 0 radical (unpaired) electrons. The second-order valence-electron chi connectivity index (χ2n) is 7.43. The summed E-state index contributed by atoms with van der Waals surface area (Å²) in [4.78, 5) is 3.33. The van der Waals surface area contributed by atoms with E-state index in [-0.39, 0.29) is 6.04 Å². The number of hydrogen-bond acceptors (Lipinski definition) is 4. The molecule has 5 nitrogen and oxygen atoms in total. The quantitative estimate of drug-likeness (QED) is 0.551. The van der Waals surface area contributed by atoms with E-state index in [0.29, 0.717) is 6.42 Å². The number of aliphatic hydroxyl groups is 1. The van der Waals surface area contributed by atoms with Crippen LogP contribution in [-0.2, 0) is 19.3 Å². The van der Waals surface area contributed by atoms with E-state index in [1.165, 1.54) is 16.5 Å². The van der Waals surface area contributed by atoms with Crippen LogP contribution in [0.5, 0.6) is 11.5 Å². The summed E-state index contributed by atoms with van der Waals surface area (Å²) < 4.78 is 11.0. The number of aliphatic hydroxyl groups excluding tert-OH is 1. The number of fused-ring (bicyclic) bond motifs is 2. The average Bonchev–Trinajstić information content (AvgIpc) is 3.14. The van der Waals surface area contributed by atoms with E-state index in [4.69, 9.17) is 9.47 Å². The van der Waals surface area contributed by atoms with E-state index < -0.39 is 6.10 Å². The molecule has 3 aromatic rings. The summed E-state index contributed by atoms with van der Waals surface area (Å²) in [6.07, 6.45) is 5.02. The molecule has 0 amide bonds. The van der Waals surface area contributed by atoms with Crippen molar-refractivity contribution in [3.8, 4) is 11.5 Å².